The van der Waals surface area contributed by atoms with Gasteiger partial charge in [0.05, 0.1) is 11.5 Å². The summed E-state index contributed by atoms with van der Waals surface area (Å²) in [5.74, 6) is -0.289. The second-order valence-electron chi connectivity index (χ2n) is 5.00. The minimum absolute atomic E-state index is 0.232. The van der Waals surface area contributed by atoms with Gasteiger partial charge in [0.15, 0.2) is 0 Å². The summed E-state index contributed by atoms with van der Waals surface area (Å²) < 4.78 is 26.5. The number of hydrogen-bond acceptors (Lipinski definition) is 3. The van der Waals surface area contributed by atoms with Crippen molar-refractivity contribution in [2.24, 2.45) is 11.3 Å². The molecule has 4 atom stereocenters. The number of aliphatic hydroxyl groups is 2. The lowest BCUT2D eigenvalue weighted by Gasteiger charge is -2.36. The third-order valence-corrected chi connectivity index (χ3v) is 4.34. The molecule has 1 heterocycles. The van der Waals surface area contributed by atoms with Crippen LogP contribution in [0.4, 0.5) is 8.78 Å². The molecule has 0 radical (unpaired) electrons. The molecule has 0 spiro atoms. The van der Waals surface area contributed by atoms with Gasteiger partial charge in [-0.1, -0.05) is 6.07 Å². The van der Waals surface area contributed by atoms with Crippen molar-refractivity contribution in [2.45, 2.75) is 31.0 Å². The zero-order valence-corrected chi connectivity index (χ0v) is 9.05. The second kappa shape index (κ2) is 3.23. The summed E-state index contributed by atoms with van der Waals surface area (Å²) in [5.41, 5.74) is -3.05. The Kier molecular flexibility index (Phi) is 2.10. The number of alkyl halides is 2. The first-order valence-electron chi connectivity index (χ1n) is 5.62. The first-order chi connectivity index (χ1) is 8.03. The Morgan fingerprint density at radius 1 is 1.47 bits per heavy atom. The molecule has 0 aromatic carbocycles. The predicted molar refractivity (Wildman–Crippen MR) is 55.3 cm³/mol. The van der Waals surface area contributed by atoms with Gasteiger partial charge in [0.25, 0.3) is 0 Å². The zero-order valence-electron chi connectivity index (χ0n) is 9.05. The van der Waals surface area contributed by atoms with Crippen molar-refractivity contribution in [3.63, 3.8) is 0 Å². The van der Waals surface area contributed by atoms with Crippen LogP contribution in [-0.2, 0) is 5.60 Å². The molecular formula is C12H13F2NO2. The van der Waals surface area contributed by atoms with E-state index in [1.807, 2.05) is 0 Å². The highest BCUT2D eigenvalue weighted by molar-refractivity contribution is 5.34. The van der Waals surface area contributed by atoms with E-state index in [9.17, 15) is 19.0 Å². The molecular weight excluding hydrogens is 228 g/mol. The molecule has 2 saturated carbocycles. The molecule has 3 rings (SSSR count). The molecule has 3 nitrogen and oxygen atoms in total. The summed E-state index contributed by atoms with van der Waals surface area (Å²) >= 11 is 0. The van der Waals surface area contributed by atoms with Crippen LogP contribution in [-0.4, -0.2) is 27.7 Å². The molecule has 92 valence electrons. The first-order valence-corrected chi connectivity index (χ1v) is 5.62. The maximum Gasteiger partial charge on any atom is 0.247 e. The molecule has 2 aliphatic carbocycles. The van der Waals surface area contributed by atoms with Crippen molar-refractivity contribution < 1.29 is 19.0 Å². The second-order valence-corrected chi connectivity index (χ2v) is 5.00. The smallest absolute Gasteiger partial charge is 0.247 e. The molecule has 1 aromatic rings. The maximum absolute atomic E-state index is 13.2. The predicted octanol–water partition coefficient (Wildman–Crippen LogP) is 1.31. The van der Waals surface area contributed by atoms with Crippen LogP contribution in [0.15, 0.2) is 24.5 Å². The SMILES string of the molecule is OC1CC2CC2(C(F)F)C1(O)c1cccnc1. The molecule has 17 heavy (non-hydrogen) atoms. The normalized spacial score (nSPS) is 43.8. The third kappa shape index (κ3) is 1.13. The Bertz CT molecular complexity index is 441. The Labute approximate surface area is 97.1 Å². The van der Waals surface area contributed by atoms with Crippen molar-refractivity contribution in [1.29, 1.82) is 0 Å². The standard InChI is InChI=1S/C12H13F2NO2/c13-10(14)11-5-8(11)4-9(16)12(11,17)7-2-1-3-15-6-7/h1-3,6,8-10,16-17H,4-5H2. The van der Waals surface area contributed by atoms with E-state index in [1.54, 1.807) is 12.1 Å². The summed E-state index contributed by atoms with van der Waals surface area (Å²) in [4.78, 5) is 3.84. The van der Waals surface area contributed by atoms with Gasteiger partial charge in [-0.3, -0.25) is 4.98 Å². The number of aliphatic hydroxyl groups excluding tert-OH is 1. The Morgan fingerprint density at radius 2 is 2.24 bits per heavy atom. The minimum Gasteiger partial charge on any atom is -0.390 e. The van der Waals surface area contributed by atoms with Crippen molar-refractivity contribution in [2.75, 3.05) is 0 Å². The van der Waals surface area contributed by atoms with Crippen molar-refractivity contribution in [3.05, 3.63) is 30.1 Å². The van der Waals surface area contributed by atoms with Gasteiger partial charge in [-0.25, -0.2) is 8.78 Å². The lowest BCUT2D eigenvalue weighted by atomic mass is 9.78. The maximum atomic E-state index is 13.2. The molecule has 2 aliphatic rings. The fourth-order valence-corrected chi connectivity index (χ4v) is 3.34. The van der Waals surface area contributed by atoms with Gasteiger partial charge in [-0.2, -0.15) is 0 Å². The summed E-state index contributed by atoms with van der Waals surface area (Å²) in [6.07, 6.45) is -0.404. The molecule has 0 saturated heterocycles. The highest BCUT2D eigenvalue weighted by Gasteiger charge is 2.78. The summed E-state index contributed by atoms with van der Waals surface area (Å²) in [5, 5.41) is 20.5. The lowest BCUT2D eigenvalue weighted by Crippen LogP contribution is -2.47. The summed E-state index contributed by atoms with van der Waals surface area (Å²) in [7, 11) is 0. The van der Waals surface area contributed by atoms with E-state index in [1.165, 1.54) is 12.4 Å². The van der Waals surface area contributed by atoms with Gasteiger partial charge < -0.3 is 10.2 Å². The quantitative estimate of drug-likeness (QED) is 0.820. The Hall–Kier alpha value is -1.07. The summed E-state index contributed by atoms with van der Waals surface area (Å²) in [6, 6.07) is 3.12. The highest BCUT2D eigenvalue weighted by atomic mass is 19.3. The molecule has 0 bridgehead atoms. The van der Waals surface area contributed by atoms with Gasteiger partial charge >= 0.3 is 0 Å². The molecule has 4 unspecified atom stereocenters. The minimum atomic E-state index is -2.63. The number of aromatic nitrogens is 1. The molecule has 2 N–H and O–H groups in total. The number of nitrogens with zero attached hydrogens (tertiary/aromatic N) is 1. The fourth-order valence-electron chi connectivity index (χ4n) is 3.34. The largest absolute Gasteiger partial charge is 0.390 e. The summed E-state index contributed by atoms with van der Waals surface area (Å²) in [6.45, 7) is 0. The molecule has 1 aromatic heterocycles. The molecule has 5 heteroatoms. The van der Waals surface area contributed by atoms with Gasteiger partial charge in [-0.15, -0.1) is 0 Å². The number of hydrogen-bond donors (Lipinski definition) is 2. The van der Waals surface area contributed by atoms with Gasteiger partial charge in [0.2, 0.25) is 6.43 Å². The van der Waals surface area contributed by atoms with E-state index < -0.39 is 23.5 Å². The average Bonchev–Trinajstić information content (AvgIpc) is 2.99. The van der Waals surface area contributed by atoms with E-state index in [0.29, 0.717) is 0 Å². The van der Waals surface area contributed by atoms with Crippen LogP contribution < -0.4 is 0 Å². The zero-order chi connectivity index (χ0) is 12.3. The van der Waals surface area contributed by atoms with E-state index in [-0.39, 0.29) is 24.3 Å². The molecule has 0 amide bonds. The van der Waals surface area contributed by atoms with Crippen LogP contribution >= 0.6 is 0 Å². The average molecular weight is 241 g/mol. The van der Waals surface area contributed by atoms with Gasteiger partial charge in [0, 0.05) is 18.0 Å². The van der Waals surface area contributed by atoms with E-state index in [4.69, 9.17) is 0 Å². The first kappa shape index (κ1) is 11.0. The Morgan fingerprint density at radius 3 is 2.82 bits per heavy atom. The van der Waals surface area contributed by atoms with E-state index in [2.05, 4.69) is 4.98 Å². The number of pyridine rings is 1. The van der Waals surface area contributed by atoms with Crippen LogP contribution in [0.2, 0.25) is 0 Å². The highest BCUT2D eigenvalue weighted by Crippen LogP contribution is 2.73. The van der Waals surface area contributed by atoms with Crippen molar-refractivity contribution in [1.82, 2.24) is 4.98 Å². The fraction of sp³-hybridized carbons (Fsp3) is 0.583. The number of halogens is 2. The van der Waals surface area contributed by atoms with Crippen LogP contribution in [0.3, 0.4) is 0 Å². The van der Waals surface area contributed by atoms with Crippen LogP contribution in [0, 0.1) is 11.3 Å². The number of fused-ring (bicyclic) bond motifs is 1. The number of rotatable bonds is 2. The van der Waals surface area contributed by atoms with Crippen LogP contribution in [0.5, 0.6) is 0 Å². The van der Waals surface area contributed by atoms with E-state index in [0.717, 1.165) is 0 Å². The topological polar surface area (TPSA) is 53.4 Å². The lowest BCUT2D eigenvalue weighted by molar-refractivity contribution is -0.150. The molecule has 0 aliphatic heterocycles. The van der Waals surface area contributed by atoms with Crippen LogP contribution in [0.25, 0.3) is 0 Å². The van der Waals surface area contributed by atoms with Gasteiger partial charge in [-0.05, 0) is 24.8 Å². The van der Waals surface area contributed by atoms with Crippen LogP contribution in [0.1, 0.15) is 18.4 Å². The monoisotopic (exact) mass is 241 g/mol. The Balaban J connectivity index is 2.11. The van der Waals surface area contributed by atoms with Crippen molar-refractivity contribution >= 4 is 0 Å². The van der Waals surface area contributed by atoms with Crippen molar-refractivity contribution in [3.8, 4) is 0 Å². The van der Waals surface area contributed by atoms with E-state index >= 15 is 0 Å². The molecule has 2 fully saturated rings. The third-order valence-electron chi connectivity index (χ3n) is 4.34. The van der Waals surface area contributed by atoms with Gasteiger partial charge in [0.1, 0.15) is 5.60 Å².